The number of rotatable bonds is 2. The van der Waals surface area contributed by atoms with Crippen LogP contribution < -0.4 is 5.73 Å². The fourth-order valence-corrected chi connectivity index (χ4v) is 1.60. The minimum Gasteiger partial charge on any atom is -0.465 e. The maximum absolute atomic E-state index is 13.6. The number of nitrogens with zero attached hydrogens (tertiary/aromatic N) is 1. The van der Waals surface area contributed by atoms with Crippen molar-refractivity contribution in [3.8, 4) is 11.3 Å². The van der Waals surface area contributed by atoms with Gasteiger partial charge in [0, 0.05) is 5.56 Å². The Labute approximate surface area is 107 Å². The van der Waals surface area contributed by atoms with E-state index in [1.807, 2.05) is 0 Å². The molecule has 2 N–H and O–H groups in total. The Morgan fingerprint density at radius 1 is 1.37 bits per heavy atom. The van der Waals surface area contributed by atoms with E-state index in [9.17, 15) is 13.6 Å². The van der Waals surface area contributed by atoms with Crippen molar-refractivity contribution in [2.24, 2.45) is 0 Å². The fourth-order valence-electron chi connectivity index (χ4n) is 1.60. The summed E-state index contributed by atoms with van der Waals surface area (Å²) in [7, 11) is 1.20. The van der Waals surface area contributed by atoms with Gasteiger partial charge in [0.15, 0.2) is 11.6 Å². The van der Waals surface area contributed by atoms with Gasteiger partial charge in [-0.3, -0.25) is 4.98 Å². The fraction of sp³-hybridized carbons (Fsp3) is 0.0769. The number of ether oxygens (including phenoxy) is 1. The molecule has 2 rings (SSSR count). The first kappa shape index (κ1) is 12.9. The summed E-state index contributed by atoms with van der Waals surface area (Å²) in [5, 5.41) is 0. The molecule has 0 aliphatic carbocycles. The number of esters is 1. The number of anilines is 1. The van der Waals surface area contributed by atoms with Crippen molar-refractivity contribution in [1.29, 1.82) is 0 Å². The second kappa shape index (κ2) is 5.01. The number of benzene rings is 1. The van der Waals surface area contributed by atoms with Crippen LogP contribution in [0.5, 0.6) is 0 Å². The number of aromatic nitrogens is 1. The van der Waals surface area contributed by atoms with E-state index < -0.39 is 17.6 Å². The molecule has 0 fully saturated rings. The predicted molar refractivity (Wildman–Crippen MR) is 65.3 cm³/mol. The van der Waals surface area contributed by atoms with Crippen molar-refractivity contribution in [2.75, 3.05) is 12.8 Å². The van der Waals surface area contributed by atoms with Crippen LogP contribution in [-0.2, 0) is 4.74 Å². The molecule has 0 spiro atoms. The Morgan fingerprint density at radius 3 is 2.79 bits per heavy atom. The predicted octanol–water partition coefficient (Wildman–Crippen LogP) is 2.40. The summed E-state index contributed by atoms with van der Waals surface area (Å²) in [6, 6.07) is 4.97. The lowest BCUT2D eigenvalue weighted by Crippen LogP contribution is -2.07. The standard InChI is InChI=1S/C13H10F2N2O2/c1-19-13(18)8-5-11(17-6-10(8)16)7-3-2-4-9(14)12(7)15/h2-6H,16H2,1H3. The number of pyridine rings is 1. The molecule has 6 heteroatoms. The van der Waals surface area contributed by atoms with Gasteiger partial charge in [0.1, 0.15) is 0 Å². The second-order valence-electron chi connectivity index (χ2n) is 3.75. The lowest BCUT2D eigenvalue weighted by molar-refractivity contribution is 0.0602. The zero-order valence-corrected chi connectivity index (χ0v) is 9.98. The summed E-state index contributed by atoms with van der Waals surface area (Å²) >= 11 is 0. The highest BCUT2D eigenvalue weighted by atomic mass is 19.2. The largest absolute Gasteiger partial charge is 0.465 e. The minimum atomic E-state index is -1.03. The summed E-state index contributed by atoms with van der Waals surface area (Å²) in [6.45, 7) is 0. The molecule has 0 amide bonds. The smallest absolute Gasteiger partial charge is 0.340 e. The van der Waals surface area contributed by atoms with Crippen molar-refractivity contribution in [1.82, 2.24) is 4.98 Å². The van der Waals surface area contributed by atoms with E-state index in [-0.39, 0.29) is 22.5 Å². The molecular weight excluding hydrogens is 254 g/mol. The lowest BCUT2D eigenvalue weighted by atomic mass is 10.1. The zero-order chi connectivity index (χ0) is 14.0. The van der Waals surface area contributed by atoms with Crippen molar-refractivity contribution in [2.45, 2.75) is 0 Å². The van der Waals surface area contributed by atoms with Crippen molar-refractivity contribution in [3.63, 3.8) is 0 Å². The Morgan fingerprint density at radius 2 is 2.11 bits per heavy atom. The van der Waals surface area contributed by atoms with Crippen LogP contribution in [0.15, 0.2) is 30.5 Å². The van der Waals surface area contributed by atoms with Crippen LogP contribution in [0.25, 0.3) is 11.3 Å². The molecule has 0 saturated heterocycles. The van der Waals surface area contributed by atoms with Gasteiger partial charge in [0.2, 0.25) is 0 Å². The highest BCUT2D eigenvalue weighted by molar-refractivity contribution is 5.95. The second-order valence-corrected chi connectivity index (χ2v) is 3.75. The maximum Gasteiger partial charge on any atom is 0.340 e. The number of methoxy groups -OCH3 is 1. The third-order valence-electron chi connectivity index (χ3n) is 2.57. The molecule has 0 radical (unpaired) electrons. The third kappa shape index (κ3) is 2.37. The van der Waals surface area contributed by atoms with E-state index in [1.54, 1.807) is 0 Å². The van der Waals surface area contributed by atoms with Crippen molar-refractivity contribution < 1.29 is 18.3 Å². The van der Waals surface area contributed by atoms with E-state index in [2.05, 4.69) is 9.72 Å². The quantitative estimate of drug-likeness (QED) is 0.846. The lowest BCUT2D eigenvalue weighted by Gasteiger charge is -2.07. The molecule has 0 aliphatic heterocycles. The molecule has 0 bridgehead atoms. The van der Waals surface area contributed by atoms with Gasteiger partial charge in [-0.25, -0.2) is 13.6 Å². The number of carbonyl (C=O) groups is 1. The highest BCUT2D eigenvalue weighted by Crippen LogP contribution is 2.25. The van der Waals surface area contributed by atoms with Gasteiger partial charge in [-0.1, -0.05) is 6.07 Å². The number of nitrogen functional groups attached to an aromatic ring is 1. The maximum atomic E-state index is 13.6. The van der Waals surface area contributed by atoms with Crippen LogP contribution in [-0.4, -0.2) is 18.1 Å². The molecule has 0 unspecified atom stereocenters. The Hall–Kier alpha value is -2.50. The van der Waals surface area contributed by atoms with Gasteiger partial charge in [-0.05, 0) is 18.2 Å². The first-order valence-electron chi connectivity index (χ1n) is 5.32. The summed E-state index contributed by atoms with van der Waals surface area (Å²) < 4.78 is 31.3. The monoisotopic (exact) mass is 264 g/mol. The first-order chi connectivity index (χ1) is 9.04. The zero-order valence-electron chi connectivity index (χ0n) is 9.98. The molecule has 19 heavy (non-hydrogen) atoms. The molecule has 0 aliphatic rings. The van der Waals surface area contributed by atoms with Crippen LogP contribution in [0.1, 0.15) is 10.4 Å². The van der Waals surface area contributed by atoms with Gasteiger partial charge in [-0.2, -0.15) is 0 Å². The van der Waals surface area contributed by atoms with E-state index in [0.717, 1.165) is 6.07 Å². The van der Waals surface area contributed by atoms with E-state index in [0.29, 0.717) is 0 Å². The van der Waals surface area contributed by atoms with Crippen molar-refractivity contribution >= 4 is 11.7 Å². The average molecular weight is 264 g/mol. The van der Waals surface area contributed by atoms with Crippen LogP contribution in [0, 0.1) is 11.6 Å². The van der Waals surface area contributed by atoms with E-state index >= 15 is 0 Å². The van der Waals surface area contributed by atoms with Gasteiger partial charge < -0.3 is 10.5 Å². The van der Waals surface area contributed by atoms with Crippen molar-refractivity contribution in [3.05, 3.63) is 47.7 Å². The Bertz CT molecular complexity index is 645. The average Bonchev–Trinajstić information content (AvgIpc) is 2.42. The molecule has 1 heterocycles. The summed E-state index contributed by atoms with van der Waals surface area (Å²) in [5.41, 5.74) is 5.79. The summed E-state index contributed by atoms with van der Waals surface area (Å²) in [4.78, 5) is 15.4. The number of carbonyl (C=O) groups excluding carboxylic acids is 1. The summed E-state index contributed by atoms with van der Waals surface area (Å²) in [6.07, 6.45) is 1.20. The van der Waals surface area contributed by atoms with Crippen LogP contribution in [0.2, 0.25) is 0 Å². The Balaban J connectivity index is 2.58. The SMILES string of the molecule is COC(=O)c1cc(-c2cccc(F)c2F)ncc1N. The number of nitrogens with two attached hydrogens (primary N) is 1. The molecular formula is C13H10F2N2O2. The normalized spacial score (nSPS) is 10.3. The molecule has 1 aromatic heterocycles. The van der Waals surface area contributed by atoms with Gasteiger partial charge in [-0.15, -0.1) is 0 Å². The van der Waals surface area contributed by atoms with Crippen LogP contribution in [0.3, 0.4) is 0 Å². The number of hydrogen-bond acceptors (Lipinski definition) is 4. The minimum absolute atomic E-state index is 0.0508. The molecule has 2 aromatic rings. The molecule has 98 valence electrons. The molecule has 0 saturated carbocycles. The number of hydrogen-bond donors (Lipinski definition) is 1. The van der Waals surface area contributed by atoms with Crippen LogP contribution in [0.4, 0.5) is 14.5 Å². The third-order valence-corrected chi connectivity index (χ3v) is 2.57. The number of halogens is 2. The molecule has 1 aromatic carbocycles. The van der Waals surface area contributed by atoms with Gasteiger partial charge in [0.05, 0.1) is 30.3 Å². The van der Waals surface area contributed by atoms with Gasteiger partial charge in [0.25, 0.3) is 0 Å². The van der Waals surface area contributed by atoms with E-state index in [1.165, 1.54) is 31.5 Å². The Kier molecular flexibility index (Phi) is 3.41. The first-order valence-corrected chi connectivity index (χ1v) is 5.32. The summed E-state index contributed by atoms with van der Waals surface area (Å²) in [5.74, 6) is -2.69. The highest BCUT2D eigenvalue weighted by Gasteiger charge is 2.16. The molecule has 4 nitrogen and oxygen atoms in total. The van der Waals surface area contributed by atoms with Gasteiger partial charge >= 0.3 is 5.97 Å². The topological polar surface area (TPSA) is 65.2 Å². The molecule has 0 atom stereocenters. The van der Waals surface area contributed by atoms with Crippen LogP contribution >= 0.6 is 0 Å². The van der Waals surface area contributed by atoms with E-state index in [4.69, 9.17) is 5.73 Å².